The highest BCUT2D eigenvalue weighted by Gasteiger charge is 2.04. The molecule has 0 amide bonds. The minimum atomic E-state index is 0.787. The molecule has 4 heteroatoms. The number of hydrogen-bond donors (Lipinski definition) is 1. The maximum atomic E-state index is 5.02. The van der Waals surface area contributed by atoms with Crippen LogP contribution in [0.4, 0.5) is 0 Å². The molecule has 0 aromatic heterocycles. The van der Waals surface area contributed by atoms with E-state index in [0.29, 0.717) is 0 Å². The Morgan fingerprint density at radius 2 is 2.11 bits per heavy atom. The Hall–Kier alpha value is -1.03. The van der Waals surface area contributed by atoms with Crippen LogP contribution in [0.5, 0.6) is 0 Å². The second kappa shape index (κ2) is 12.4. The molecule has 0 unspecified atom stereocenters. The molecule has 18 heavy (non-hydrogen) atoms. The van der Waals surface area contributed by atoms with Gasteiger partial charge in [0.05, 0.1) is 0 Å². The summed E-state index contributed by atoms with van der Waals surface area (Å²) < 4.78 is 5.02. The lowest BCUT2D eigenvalue weighted by Gasteiger charge is -2.22. The van der Waals surface area contributed by atoms with Crippen molar-refractivity contribution in [3.8, 4) is 0 Å². The predicted octanol–water partition coefficient (Wildman–Crippen LogP) is 2.28. The van der Waals surface area contributed by atoms with Gasteiger partial charge in [-0.3, -0.25) is 4.99 Å². The fraction of sp³-hybridized carbons (Fsp3) is 0.786. The molecule has 0 aliphatic heterocycles. The minimum Gasteiger partial charge on any atom is -0.385 e. The molecule has 0 atom stereocenters. The summed E-state index contributed by atoms with van der Waals surface area (Å²) >= 11 is 0. The second-order valence-corrected chi connectivity index (χ2v) is 4.38. The number of allylic oxidation sites excluding steroid dienone is 1. The van der Waals surface area contributed by atoms with Gasteiger partial charge in [-0.05, 0) is 25.7 Å². The molecule has 0 spiro atoms. The molecule has 0 fully saturated rings. The highest BCUT2D eigenvalue weighted by Crippen LogP contribution is 2.01. The van der Waals surface area contributed by atoms with Gasteiger partial charge in [0.25, 0.3) is 0 Å². The van der Waals surface area contributed by atoms with Crippen LogP contribution in [0.3, 0.4) is 0 Å². The fourth-order valence-electron chi connectivity index (χ4n) is 1.72. The fourth-order valence-corrected chi connectivity index (χ4v) is 1.72. The molecule has 106 valence electrons. The molecule has 0 heterocycles. The van der Waals surface area contributed by atoms with Crippen LogP contribution in [-0.4, -0.2) is 51.8 Å². The third kappa shape index (κ3) is 9.05. The van der Waals surface area contributed by atoms with Crippen LogP contribution in [0.25, 0.3) is 0 Å². The monoisotopic (exact) mass is 255 g/mol. The molecule has 0 saturated carbocycles. The van der Waals surface area contributed by atoms with Gasteiger partial charge in [-0.1, -0.05) is 12.5 Å². The van der Waals surface area contributed by atoms with Crippen LogP contribution in [-0.2, 0) is 4.74 Å². The van der Waals surface area contributed by atoms with Crippen molar-refractivity contribution in [2.75, 3.05) is 40.9 Å². The Morgan fingerprint density at radius 1 is 1.33 bits per heavy atom. The standard InChI is InChI=1S/C14H29N3O/c1-5-6-7-8-9-12-17(3)14(15-2)16-11-10-13-18-4/h5H,1,6-13H2,2-4H3,(H,15,16). The second-order valence-electron chi connectivity index (χ2n) is 4.38. The number of hydrogen-bond acceptors (Lipinski definition) is 2. The number of unbranched alkanes of at least 4 members (excludes halogenated alkanes) is 3. The van der Waals surface area contributed by atoms with Crippen LogP contribution in [0.15, 0.2) is 17.6 Å². The minimum absolute atomic E-state index is 0.787. The zero-order valence-electron chi connectivity index (χ0n) is 12.2. The van der Waals surface area contributed by atoms with Crippen LogP contribution in [0.2, 0.25) is 0 Å². The third-order valence-corrected chi connectivity index (χ3v) is 2.78. The van der Waals surface area contributed by atoms with Crippen LogP contribution >= 0.6 is 0 Å². The summed E-state index contributed by atoms with van der Waals surface area (Å²) in [4.78, 5) is 6.46. The molecule has 0 aromatic rings. The van der Waals surface area contributed by atoms with Gasteiger partial charge in [-0.2, -0.15) is 0 Å². The van der Waals surface area contributed by atoms with E-state index in [1.54, 1.807) is 7.11 Å². The van der Waals surface area contributed by atoms with E-state index in [9.17, 15) is 0 Å². The summed E-state index contributed by atoms with van der Waals surface area (Å²) in [6, 6.07) is 0. The molecular formula is C14H29N3O. The zero-order chi connectivity index (χ0) is 13.6. The van der Waals surface area contributed by atoms with E-state index in [-0.39, 0.29) is 0 Å². The summed E-state index contributed by atoms with van der Waals surface area (Å²) in [5, 5.41) is 3.34. The van der Waals surface area contributed by atoms with Crippen molar-refractivity contribution in [3.63, 3.8) is 0 Å². The highest BCUT2D eigenvalue weighted by atomic mass is 16.5. The SMILES string of the molecule is C=CCCCCCN(C)C(=NC)NCCCOC. The maximum Gasteiger partial charge on any atom is 0.193 e. The van der Waals surface area contributed by atoms with E-state index in [2.05, 4.69) is 28.8 Å². The van der Waals surface area contributed by atoms with Crippen molar-refractivity contribution in [2.45, 2.75) is 32.1 Å². The van der Waals surface area contributed by atoms with Crippen molar-refractivity contribution >= 4 is 5.96 Å². The van der Waals surface area contributed by atoms with Crippen molar-refractivity contribution in [2.24, 2.45) is 4.99 Å². The summed E-state index contributed by atoms with van der Waals surface area (Å²) in [5.41, 5.74) is 0. The lowest BCUT2D eigenvalue weighted by atomic mass is 10.2. The molecule has 0 radical (unpaired) electrons. The Bertz CT molecular complexity index is 229. The number of ether oxygens (including phenoxy) is 1. The van der Waals surface area contributed by atoms with Crippen molar-refractivity contribution in [1.82, 2.24) is 10.2 Å². The molecule has 0 aliphatic rings. The van der Waals surface area contributed by atoms with E-state index in [1.807, 2.05) is 13.1 Å². The number of rotatable bonds is 10. The molecule has 4 nitrogen and oxygen atoms in total. The first-order chi connectivity index (χ1) is 8.76. The molecule has 0 saturated heterocycles. The Balaban J connectivity index is 3.68. The first kappa shape index (κ1) is 17.0. The summed E-state index contributed by atoms with van der Waals surface area (Å²) in [5.74, 6) is 0.967. The smallest absolute Gasteiger partial charge is 0.193 e. The highest BCUT2D eigenvalue weighted by molar-refractivity contribution is 5.79. The summed E-state index contributed by atoms with van der Waals surface area (Å²) in [7, 11) is 5.64. The van der Waals surface area contributed by atoms with E-state index in [0.717, 1.165) is 38.5 Å². The number of aliphatic imine (C=N–C) groups is 1. The van der Waals surface area contributed by atoms with Crippen molar-refractivity contribution < 1.29 is 4.74 Å². The number of guanidine groups is 1. The predicted molar refractivity (Wildman–Crippen MR) is 79.1 cm³/mol. The first-order valence-electron chi connectivity index (χ1n) is 6.77. The van der Waals surface area contributed by atoms with Crippen molar-refractivity contribution in [3.05, 3.63) is 12.7 Å². The zero-order valence-corrected chi connectivity index (χ0v) is 12.2. The average molecular weight is 255 g/mol. The number of nitrogens with one attached hydrogen (secondary N) is 1. The third-order valence-electron chi connectivity index (χ3n) is 2.78. The van der Waals surface area contributed by atoms with E-state index >= 15 is 0 Å². The van der Waals surface area contributed by atoms with Crippen LogP contribution in [0.1, 0.15) is 32.1 Å². The lowest BCUT2D eigenvalue weighted by molar-refractivity contribution is 0.195. The van der Waals surface area contributed by atoms with Crippen molar-refractivity contribution in [1.29, 1.82) is 0 Å². The molecule has 0 aliphatic carbocycles. The molecule has 0 bridgehead atoms. The topological polar surface area (TPSA) is 36.9 Å². The molecule has 0 aromatic carbocycles. The van der Waals surface area contributed by atoms with Gasteiger partial charge < -0.3 is 15.0 Å². The normalized spacial score (nSPS) is 11.4. The maximum absolute atomic E-state index is 5.02. The van der Waals surface area contributed by atoms with Gasteiger partial charge in [-0.25, -0.2) is 0 Å². The van der Waals surface area contributed by atoms with Gasteiger partial charge in [0.1, 0.15) is 0 Å². The molecule has 1 N–H and O–H groups in total. The van der Waals surface area contributed by atoms with Gasteiger partial charge in [0, 0.05) is 40.9 Å². The van der Waals surface area contributed by atoms with E-state index in [4.69, 9.17) is 4.74 Å². The van der Waals surface area contributed by atoms with Crippen LogP contribution < -0.4 is 5.32 Å². The summed E-state index contributed by atoms with van der Waals surface area (Å²) in [6.45, 7) is 6.47. The Kier molecular flexibility index (Phi) is 11.7. The molecule has 0 rings (SSSR count). The van der Waals surface area contributed by atoms with Gasteiger partial charge in [-0.15, -0.1) is 6.58 Å². The first-order valence-corrected chi connectivity index (χ1v) is 6.77. The van der Waals surface area contributed by atoms with E-state index < -0.39 is 0 Å². The number of methoxy groups -OCH3 is 1. The Morgan fingerprint density at radius 3 is 2.72 bits per heavy atom. The van der Waals surface area contributed by atoms with Crippen LogP contribution in [0, 0.1) is 0 Å². The lowest BCUT2D eigenvalue weighted by Crippen LogP contribution is -2.40. The quantitative estimate of drug-likeness (QED) is 0.282. The van der Waals surface area contributed by atoms with E-state index in [1.165, 1.54) is 19.3 Å². The Labute approximate surface area is 112 Å². The average Bonchev–Trinajstić information content (AvgIpc) is 2.38. The largest absolute Gasteiger partial charge is 0.385 e. The number of nitrogens with zero attached hydrogens (tertiary/aromatic N) is 2. The summed E-state index contributed by atoms with van der Waals surface area (Å²) in [6.07, 6.45) is 7.79. The van der Waals surface area contributed by atoms with Gasteiger partial charge >= 0.3 is 0 Å². The van der Waals surface area contributed by atoms with Gasteiger partial charge in [0.15, 0.2) is 5.96 Å². The van der Waals surface area contributed by atoms with Gasteiger partial charge in [0.2, 0.25) is 0 Å². The molecular weight excluding hydrogens is 226 g/mol.